The van der Waals surface area contributed by atoms with Gasteiger partial charge in [-0.25, -0.2) is 0 Å². The van der Waals surface area contributed by atoms with Crippen LogP contribution in [-0.4, -0.2) is 21.6 Å². The molecule has 3 N–H and O–H groups in total. The van der Waals surface area contributed by atoms with E-state index in [-0.39, 0.29) is 11.5 Å². The molecule has 4 heteroatoms. The first-order valence-corrected chi connectivity index (χ1v) is 4.84. The lowest BCUT2D eigenvalue weighted by atomic mass is 10.2. The van der Waals surface area contributed by atoms with Crippen molar-refractivity contribution >= 4 is 6.29 Å². The second kappa shape index (κ2) is 6.17. The van der Waals surface area contributed by atoms with Gasteiger partial charge in [-0.05, 0) is 30.3 Å². The van der Waals surface area contributed by atoms with Crippen molar-refractivity contribution in [3.05, 3.63) is 54.1 Å². The number of hydrogen-bond acceptors (Lipinski definition) is 4. The van der Waals surface area contributed by atoms with Gasteiger partial charge in [-0.1, -0.05) is 18.2 Å². The molecular weight excluding hydrogens is 220 g/mol. The van der Waals surface area contributed by atoms with E-state index in [1.165, 1.54) is 18.2 Å². The second-order valence-corrected chi connectivity index (χ2v) is 3.20. The molecule has 0 saturated heterocycles. The Morgan fingerprint density at radius 1 is 0.824 bits per heavy atom. The average Bonchev–Trinajstić information content (AvgIpc) is 2.34. The highest BCUT2D eigenvalue weighted by Crippen LogP contribution is 2.23. The largest absolute Gasteiger partial charge is 0.508 e. The Labute approximate surface area is 98.4 Å². The molecule has 2 aromatic rings. The molecule has 0 amide bonds. The van der Waals surface area contributed by atoms with Crippen LogP contribution in [0.15, 0.2) is 48.5 Å². The third kappa shape index (κ3) is 4.25. The molecule has 0 spiro atoms. The molecule has 0 saturated carbocycles. The van der Waals surface area contributed by atoms with E-state index in [2.05, 4.69) is 0 Å². The van der Waals surface area contributed by atoms with Crippen LogP contribution in [-0.2, 0) is 0 Å². The van der Waals surface area contributed by atoms with Crippen molar-refractivity contribution in [3.8, 4) is 17.2 Å². The van der Waals surface area contributed by atoms with Crippen molar-refractivity contribution in [1.29, 1.82) is 0 Å². The molecular formula is C13H12O4. The minimum atomic E-state index is -0.274. The zero-order valence-electron chi connectivity index (χ0n) is 8.95. The van der Waals surface area contributed by atoms with Gasteiger partial charge in [-0.3, -0.25) is 4.79 Å². The first-order chi connectivity index (χ1) is 8.13. The lowest BCUT2D eigenvalue weighted by Gasteiger charge is -1.95. The quantitative estimate of drug-likeness (QED) is 0.520. The fraction of sp³-hybridized carbons (Fsp3) is 0. The zero-order chi connectivity index (χ0) is 12.7. The Balaban J connectivity index is 0.000000181. The van der Waals surface area contributed by atoms with Gasteiger partial charge in [0.05, 0.1) is 0 Å². The number of hydrogen-bond donors (Lipinski definition) is 3. The van der Waals surface area contributed by atoms with E-state index in [1.54, 1.807) is 24.3 Å². The summed E-state index contributed by atoms with van der Waals surface area (Å²) in [4.78, 5) is 10.1. The minimum absolute atomic E-state index is 0.217. The highest BCUT2D eigenvalue weighted by molar-refractivity contribution is 5.76. The van der Waals surface area contributed by atoms with Gasteiger partial charge in [0.1, 0.15) is 12.0 Å². The monoisotopic (exact) mass is 232 g/mol. The molecule has 0 heterocycles. The first-order valence-electron chi connectivity index (χ1n) is 4.84. The molecule has 0 bridgehead atoms. The molecule has 0 radical (unpaired) electrons. The third-order valence-corrected chi connectivity index (χ3v) is 1.89. The van der Waals surface area contributed by atoms with E-state index in [4.69, 9.17) is 15.3 Å². The number of phenolic OH excluding ortho intramolecular Hbond substituents is 3. The summed E-state index contributed by atoms with van der Waals surface area (Å²) in [5, 5.41) is 26.2. The summed E-state index contributed by atoms with van der Waals surface area (Å²) in [6.45, 7) is 0. The van der Waals surface area contributed by atoms with Crippen LogP contribution >= 0.6 is 0 Å². The number of carbonyl (C=O) groups excluding carboxylic acids is 1. The van der Waals surface area contributed by atoms with Gasteiger partial charge in [0, 0.05) is 5.56 Å². The van der Waals surface area contributed by atoms with Crippen molar-refractivity contribution in [3.63, 3.8) is 0 Å². The molecule has 0 aliphatic heterocycles. The number of para-hydroxylation sites is 1. The van der Waals surface area contributed by atoms with Crippen LogP contribution in [0, 0.1) is 0 Å². The van der Waals surface area contributed by atoms with Crippen LogP contribution in [0.3, 0.4) is 0 Å². The molecule has 0 aliphatic rings. The molecule has 2 rings (SSSR count). The molecule has 0 fully saturated rings. The lowest BCUT2D eigenvalue weighted by Crippen LogP contribution is -1.77. The van der Waals surface area contributed by atoms with Gasteiger partial charge >= 0.3 is 0 Å². The van der Waals surface area contributed by atoms with Crippen molar-refractivity contribution in [2.45, 2.75) is 0 Å². The standard InChI is InChI=1S/C7H6O3.C6H6O/c8-4-5-1-2-6(9)7(10)3-5;7-6-4-2-1-3-5-6/h1-4,9-10H;1-5,7H. The SMILES string of the molecule is O=Cc1ccc(O)c(O)c1.Oc1ccccc1. The number of phenols is 3. The predicted octanol–water partition coefficient (Wildman–Crippen LogP) is 2.30. The van der Waals surface area contributed by atoms with Gasteiger partial charge in [0.15, 0.2) is 11.5 Å². The fourth-order valence-electron chi connectivity index (χ4n) is 1.04. The first kappa shape index (κ1) is 12.6. The van der Waals surface area contributed by atoms with Crippen LogP contribution in [0.5, 0.6) is 17.2 Å². The minimum Gasteiger partial charge on any atom is -0.508 e. The summed E-state index contributed by atoms with van der Waals surface area (Å²) in [7, 11) is 0. The molecule has 0 unspecified atom stereocenters. The lowest BCUT2D eigenvalue weighted by molar-refractivity contribution is 0.112. The Kier molecular flexibility index (Phi) is 4.57. The third-order valence-electron chi connectivity index (χ3n) is 1.89. The fourth-order valence-corrected chi connectivity index (χ4v) is 1.04. The normalized spacial score (nSPS) is 8.94. The topological polar surface area (TPSA) is 77.8 Å². The highest BCUT2D eigenvalue weighted by Gasteiger charge is 1.97. The van der Waals surface area contributed by atoms with Crippen LogP contribution in [0.2, 0.25) is 0 Å². The number of aromatic hydroxyl groups is 3. The molecule has 0 aromatic heterocycles. The van der Waals surface area contributed by atoms with Gasteiger partial charge in [0.2, 0.25) is 0 Å². The second-order valence-electron chi connectivity index (χ2n) is 3.20. The van der Waals surface area contributed by atoms with E-state index in [1.807, 2.05) is 6.07 Å². The summed E-state index contributed by atoms with van der Waals surface area (Å²) < 4.78 is 0. The Morgan fingerprint density at radius 3 is 1.88 bits per heavy atom. The molecule has 0 atom stereocenters. The van der Waals surface area contributed by atoms with E-state index >= 15 is 0 Å². The Bertz CT molecular complexity index is 480. The average molecular weight is 232 g/mol. The molecule has 2 aromatic carbocycles. The van der Waals surface area contributed by atoms with Gasteiger partial charge in [-0.2, -0.15) is 0 Å². The van der Waals surface area contributed by atoms with Gasteiger partial charge in [0.25, 0.3) is 0 Å². The molecule has 17 heavy (non-hydrogen) atoms. The van der Waals surface area contributed by atoms with Crippen LogP contribution in [0.1, 0.15) is 10.4 Å². The van der Waals surface area contributed by atoms with Gasteiger partial charge < -0.3 is 15.3 Å². The summed E-state index contributed by atoms with van der Waals surface area (Å²) in [6.07, 6.45) is 0.596. The van der Waals surface area contributed by atoms with Crippen molar-refractivity contribution in [2.75, 3.05) is 0 Å². The van der Waals surface area contributed by atoms with E-state index in [0.29, 0.717) is 17.6 Å². The van der Waals surface area contributed by atoms with Crippen LogP contribution in [0.4, 0.5) is 0 Å². The van der Waals surface area contributed by atoms with Crippen LogP contribution < -0.4 is 0 Å². The van der Waals surface area contributed by atoms with Crippen LogP contribution in [0.25, 0.3) is 0 Å². The molecule has 0 aliphatic carbocycles. The molecule has 4 nitrogen and oxygen atoms in total. The van der Waals surface area contributed by atoms with Gasteiger partial charge in [-0.15, -0.1) is 0 Å². The van der Waals surface area contributed by atoms with Crippen molar-refractivity contribution in [2.24, 2.45) is 0 Å². The van der Waals surface area contributed by atoms with Crippen molar-refractivity contribution in [1.82, 2.24) is 0 Å². The smallest absolute Gasteiger partial charge is 0.158 e. The highest BCUT2D eigenvalue weighted by atomic mass is 16.3. The summed E-state index contributed by atoms with van der Waals surface area (Å²) >= 11 is 0. The number of benzene rings is 2. The van der Waals surface area contributed by atoms with E-state index < -0.39 is 0 Å². The number of rotatable bonds is 1. The molecule has 88 valence electrons. The summed E-state index contributed by atoms with van der Waals surface area (Å²) in [5.41, 5.74) is 0.343. The summed E-state index contributed by atoms with van der Waals surface area (Å²) in [5.74, 6) is -0.169. The number of aldehydes is 1. The predicted molar refractivity (Wildman–Crippen MR) is 63.3 cm³/mol. The van der Waals surface area contributed by atoms with Crippen molar-refractivity contribution < 1.29 is 20.1 Å². The number of carbonyl (C=O) groups is 1. The Hall–Kier alpha value is -2.49. The maximum atomic E-state index is 10.1. The maximum absolute atomic E-state index is 10.1. The summed E-state index contributed by atoms with van der Waals surface area (Å²) in [6, 6.07) is 12.6. The van der Waals surface area contributed by atoms with E-state index in [9.17, 15) is 4.79 Å². The zero-order valence-corrected chi connectivity index (χ0v) is 8.95. The Morgan fingerprint density at radius 2 is 1.47 bits per heavy atom. The maximum Gasteiger partial charge on any atom is 0.158 e. The van der Waals surface area contributed by atoms with E-state index in [0.717, 1.165) is 0 Å².